The Morgan fingerprint density at radius 2 is 1.95 bits per heavy atom. The van der Waals surface area contributed by atoms with Gasteiger partial charge in [0.15, 0.2) is 0 Å². The Labute approximate surface area is 132 Å². The molecule has 1 aliphatic carbocycles. The quantitative estimate of drug-likeness (QED) is 0.860. The van der Waals surface area contributed by atoms with Crippen molar-refractivity contribution in [3.63, 3.8) is 0 Å². The smallest absolute Gasteiger partial charge is 0.149 e. The number of aromatic nitrogens is 1. The van der Waals surface area contributed by atoms with Crippen LogP contribution < -0.4 is 5.32 Å². The van der Waals surface area contributed by atoms with Gasteiger partial charge in [-0.15, -0.1) is 0 Å². The summed E-state index contributed by atoms with van der Waals surface area (Å²) in [4.78, 5) is 3.32. The molecule has 0 radical (unpaired) electrons. The van der Waals surface area contributed by atoms with E-state index in [0.717, 1.165) is 18.4 Å². The average Bonchev–Trinajstić information content (AvgIpc) is 3.02. The molecule has 1 aliphatic rings. The second-order valence-corrected chi connectivity index (χ2v) is 9.00. The van der Waals surface area contributed by atoms with E-state index in [1.807, 2.05) is 6.07 Å². The summed E-state index contributed by atoms with van der Waals surface area (Å²) in [7, 11) is -2.95. The first kappa shape index (κ1) is 15.6. The van der Waals surface area contributed by atoms with E-state index in [-0.39, 0.29) is 17.3 Å². The van der Waals surface area contributed by atoms with Crippen LogP contribution in [0.2, 0.25) is 0 Å². The van der Waals surface area contributed by atoms with Crippen molar-refractivity contribution in [2.24, 2.45) is 0 Å². The Balaban J connectivity index is 1.76. The minimum atomic E-state index is -2.95. The molecule has 22 heavy (non-hydrogen) atoms. The molecule has 1 fully saturated rings. The minimum Gasteiger partial charge on any atom is -0.361 e. The van der Waals surface area contributed by atoms with Gasteiger partial charge in [-0.2, -0.15) is 0 Å². The molecule has 1 heterocycles. The molecule has 3 rings (SSSR count). The van der Waals surface area contributed by atoms with Gasteiger partial charge in [0.2, 0.25) is 0 Å². The Bertz CT molecular complexity index is 775. The van der Waals surface area contributed by atoms with Crippen LogP contribution >= 0.6 is 0 Å². The standard InChI is InChI=1S/C17H24N2O2S/c1-12(15-10-18-16-7-5-4-6-14(15)16)13(2)19-17(8-9-17)11-22(3,20)21/h4-7,10,12-13,18-19H,8-9,11H2,1-3H3. The van der Waals surface area contributed by atoms with Gasteiger partial charge in [-0.1, -0.05) is 25.1 Å². The van der Waals surface area contributed by atoms with Gasteiger partial charge in [0, 0.05) is 34.9 Å². The van der Waals surface area contributed by atoms with Crippen molar-refractivity contribution >= 4 is 20.7 Å². The minimum absolute atomic E-state index is 0.201. The van der Waals surface area contributed by atoms with E-state index in [9.17, 15) is 8.42 Å². The Morgan fingerprint density at radius 3 is 2.59 bits per heavy atom. The lowest BCUT2D eigenvalue weighted by Gasteiger charge is -2.27. The van der Waals surface area contributed by atoms with Crippen LogP contribution in [-0.4, -0.2) is 37.0 Å². The number of aromatic amines is 1. The first-order chi connectivity index (χ1) is 10.3. The third-order valence-electron chi connectivity index (χ3n) is 4.79. The fourth-order valence-corrected chi connectivity index (χ4v) is 4.71. The lowest BCUT2D eigenvalue weighted by molar-refractivity contribution is 0.412. The van der Waals surface area contributed by atoms with E-state index < -0.39 is 9.84 Å². The first-order valence-corrected chi connectivity index (χ1v) is 9.87. The Hall–Kier alpha value is -1.33. The van der Waals surface area contributed by atoms with Crippen LogP contribution in [0.5, 0.6) is 0 Å². The van der Waals surface area contributed by atoms with Gasteiger partial charge in [0.1, 0.15) is 9.84 Å². The zero-order valence-corrected chi connectivity index (χ0v) is 14.2. The van der Waals surface area contributed by atoms with Crippen molar-refractivity contribution in [2.45, 2.75) is 44.2 Å². The summed E-state index contributed by atoms with van der Waals surface area (Å²) in [5.74, 6) is 0.554. The van der Waals surface area contributed by atoms with E-state index in [4.69, 9.17) is 0 Å². The van der Waals surface area contributed by atoms with Crippen molar-refractivity contribution in [2.75, 3.05) is 12.0 Å². The molecule has 0 saturated heterocycles. The molecule has 0 bridgehead atoms. The third-order valence-corrected chi connectivity index (χ3v) is 5.86. The highest BCUT2D eigenvalue weighted by Gasteiger charge is 2.46. The summed E-state index contributed by atoms with van der Waals surface area (Å²) in [6.07, 6.45) is 5.29. The van der Waals surface area contributed by atoms with Gasteiger partial charge in [0.25, 0.3) is 0 Å². The molecule has 2 aromatic rings. The summed E-state index contributed by atoms with van der Waals surface area (Å²) in [5.41, 5.74) is 2.23. The number of sulfone groups is 1. The lowest BCUT2D eigenvalue weighted by atomic mass is 9.93. The number of para-hydroxylation sites is 1. The molecule has 2 unspecified atom stereocenters. The monoisotopic (exact) mass is 320 g/mol. The second kappa shape index (κ2) is 5.39. The zero-order valence-electron chi connectivity index (χ0n) is 13.4. The second-order valence-electron chi connectivity index (χ2n) is 6.86. The topological polar surface area (TPSA) is 62.0 Å². The maximum Gasteiger partial charge on any atom is 0.149 e. The van der Waals surface area contributed by atoms with Crippen molar-refractivity contribution < 1.29 is 8.42 Å². The predicted molar refractivity (Wildman–Crippen MR) is 91.0 cm³/mol. The molecule has 0 aliphatic heterocycles. The summed E-state index contributed by atoms with van der Waals surface area (Å²) in [6.45, 7) is 4.35. The number of nitrogens with one attached hydrogen (secondary N) is 2. The normalized spacial score (nSPS) is 20.0. The molecule has 2 atom stereocenters. The molecule has 5 heteroatoms. The van der Waals surface area contributed by atoms with Crippen LogP contribution in [0.15, 0.2) is 30.5 Å². The van der Waals surface area contributed by atoms with Crippen LogP contribution in [0.4, 0.5) is 0 Å². The third kappa shape index (κ3) is 3.20. The highest BCUT2D eigenvalue weighted by Crippen LogP contribution is 2.39. The van der Waals surface area contributed by atoms with Crippen molar-refractivity contribution in [1.29, 1.82) is 0 Å². The van der Waals surface area contributed by atoms with E-state index in [2.05, 4.69) is 48.5 Å². The number of hydrogen-bond donors (Lipinski definition) is 2. The lowest BCUT2D eigenvalue weighted by Crippen LogP contribution is -2.45. The average molecular weight is 320 g/mol. The van der Waals surface area contributed by atoms with Gasteiger partial charge in [-0.25, -0.2) is 8.42 Å². The summed E-state index contributed by atoms with van der Waals surface area (Å²) < 4.78 is 23.2. The van der Waals surface area contributed by atoms with Crippen molar-refractivity contribution in [3.8, 4) is 0 Å². The zero-order chi connectivity index (χ0) is 16.0. The summed E-state index contributed by atoms with van der Waals surface area (Å²) >= 11 is 0. The van der Waals surface area contributed by atoms with Crippen LogP contribution in [0.25, 0.3) is 10.9 Å². The highest BCUT2D eigenvalue weighted by molar-refractivity contribution is 7.90. The fourth-order valence-electron chi connectivity index (χ4n) is 3.33. The van der Waals surface area contributed by atoms with Gasteiger partial charge >= 0.3 is 0 Å². The van der Waals surface area contributed by atoms with Crippen molar-refractivity contribution in [1.82, 2.24) is 10.3 Å². The fraction of sp³-hybridized carbons (Fsp3) is 0.529. The SMILES string of the molecule is CC(NC1(CS(C)(=O)=O)CC1)C(C)c1c[nH]c2ccccc12. The maximum atomic E-state index is 11.6. The van der Waals surface area contributed by atoms with E-state index in [1.165, 1.54) is 17.2 Å². The van der Waals surface area contributed by atoms with Gasteiger partial charge in [-0.3, -0.25) is 0 Å². The number of rotatable bonds is 6. The molecule has 4 nitrogen and oxygen atoms in total. The highest BCUT2D eigenvalue weighted by atomic mass is 32.2. The number of hydrogen-bond acceptors (Lipinski definition) is 3. The number of fused-ring (bicyclic) bond motifs is 1. The maximum absolute atomic E-state index is 11.6. The molecule has 1 saturated carbocycles. The Kier molecular flexibility index (Phi) is 3.81. The molecule has 0 spiro atoms. The summed E-state index contributed by atoms with van der Waals surface area (Å²) in [5, 5.41) is 4.83. The Morgan fingerprint density at radius 1 is 1.27 bits per heavy atom. The molecule has 2 N–H and O–H groups in total. The molecular weight excluding hydrogens is 296 g/mol. The van der Waals surface area contributed by atoms with E-state index >= 15 is 0 Å². The van der Waals surface area contributed by atoms with Crippen LogP contribution in [0.1, 0.15) is 38.2 Å². The van der Waals surface area contributed by atoms with Gasteiger partial charge < -0.3 is 10.3 Å². The summed E-state index contributed by atoms with van der Waals surface area (Å²) in [6, 6.07) is 8.52. The largest absolute Gasteiger partial charge is 0.361 e. The molecular formula is C17H24N2O2S. The molecule has 1 aromatic heterocycles. The van der Waals surface area contributed by atoms with Crippen LogP contribution in [-0.2, 0) is 9.84 Å². The van der Waals surface area contributed by atoms with Gasteiger partial charge in [0.05, 0.1) is 5.75 Å². The van der Waals surface area contributed by atoms with E-state index in [1.54, 1.807) is 0 Å². The van der Waals surface area contributed by atoms with Crippen molar-refractivity contribution in [3.05, 3.63) is 36.0 Å². The van der Waals surface area contributed by atoms with Crippen LogP contribution in [0.3, 0.4) is 0 Å². The first-order valence-electron chi connectivity index (χ1n) is 7.81. The van der Waals surface area contributed by atoms with E-state index in [0.29, 0.717) is 5.92 Å². The molecule has 1 aromatic carbocycles. The number of benzene rings is 1. The molecule has 120 valence electrons. The molecule has 0 amide bonds. The number of H-pyrrole nitrogens is 1. The van der Waals surface area contributed by atoms with Gasteiger partial charge in [-0.05, 0) is 37.3 Å². The predicted octanol–water partition coefficient (Wildman–Crippen LogP) is 2.83. The van der Waals surface area contributed by atoms with Crippen LogP contribution in [0, 0.1) is 0 Å².